The standard InChI is InChI=1S/C15H13ClN4OS/c1-19(8-13-6-7-14(16)22-13)15(21)11-2-4-12(5-3-11)20-10-17-9-18-20/h2-7,9-10H,8H2,1H3. The number of halogens is 1. The molecule has 3 rings (SSSR count). The SMILES string of the molecule is CN(Cc1ccc(Cl)s1)C(=O)c1ccc(-n2cncn2)cc1. The van der Waals surface area contributed by atoms with E-state index >= 15 is 0 Å². The second-order valence-electron chi connectivity index (χ2n) is 4.75. The Morgan fingerprint density at radius 2 is 2.05 bits per heavy atom. The molecule has 0 spiro atoms. The summed E-state index contributed by atoms with van der Waals surface area (Å²) in [5.41, 5.74) is 1.50. The van der Waals surface area contributed by atoms with Gasteiger partial charge < -0.3 is 4.90 Å². The van der Waals surface area contributed by atoms with Crippen molar-refractivity contribution in [3.05, 3.63) is 63.8 Å². The minimum atomic E-state index is -0.0327. The van der Waals surface area contributed by atoms with Gasteiger partial charge in [0, 0.05) is 17.5 Å². The Bertz CT molecular complexity index is 767. The number of rotatable bonds is 4. The minimum Gasteiger partial charge on any atom is -0.337 e. The highest BCUT2D eigenvalue weighted by molar-refractivity contribution is 7.16. The fourth-order valence-electron chi connectivity index (χ4n) is 2.06. The topological polar surface area (TPSA) is 51.0 Å². The molecule has 0 aliphatic carbocycles. The molecule has 0 bridgehead atoms. The summed E-state index contributed by atoms with van der Waals surface area (Å²) in [6.45, 7) is 0.543. The quantitative estimate of drug-likeness (QED) is 0.737. The van der Waals surface area contributed by atoms with Gasteiger partial charge in [-0.05, 0) is 36.4 Å². The van der Waals surface area contributed by atoms with Crippen molar-refractivity contribution >= 4 is 28.8 Å². The maximum atomic E-state index is 12.4. The second-order valence-corrected chi connectivity index (χ2v) is 6.55. The fraction of sp³-hybridized carbons (Fsp3) is 0.133. The van der Waals surface area contributed by atoms with E-state index in [4.69, 9.17) is 11.6 Å². The predicted molar refractivity (Wildman–Crippen MR) is 86.5 cm³/mol. The monoisotopic (exact) mass is 332 g/mol. The van der Waals surface area contributed by atoms with Crippen molar-refractivity contribution in [3.8, 4) is 5.69 Å². The van der Waals surface area contributed by atoms with E-state index in [1.54, 1.807) is 35.1 Å². The van der Waals surface area contributed by atoms with Gasteiger partial charge in [-0.3, -0.25) is 4.79 Å². The largest absolute Gasteiger partial charge is 0.337 e. The van der Waals surface area contributed by atoms with Crippen molar-refractivity contribution in [2.75, 3.05) is 7.05 Å². The van der Waals surface area contributed by atoms with E-state index in [1.165, 1.54) is 17.7 Å². The van der Waals surface area contributed by atoms with Crippen LogP contribution < -0.4 is 0 Å². The molecular weight excluding hydrogens is 320 g/mol. The number of thiophene rings is 1. The molecule has 0 aliphatic heterocycles. The zero-order valence-electron chi connectivity index (χ0n) is 11.8. The summed E-state index contributed by atoms with van der Waals surface area (Å²) in [5, 5.41) is 4.05. The molecule has 22 heavy (non-hydrogen) atoms. The normalized spacial score (nSPS) is 10.6. The van der Waals surface area contributed by atoms with Gasteiger partial charge in [0.25, 0.3) is 5.91 Å². The Morgan fingerprint density at radius 3 is 2.64 bits per heavy atom. The molecule has 0 atom stereocenters. The van der Waals surface area contributed by atoms with E-state index in [9.17, 15) is 4.79 Å². The number of carbonyl (C=O) groups excluding carboxylic acids is 1. The van der Waals surface area contributed by atoms with Gasteiger partial charge in [0.15, 0.2) is 0 Å². The molecule has 0 aliphatic rings. The average molecular weight is 333 g/mol. The third-order valence-corrected chi connectivity index (χ3v) is 4.38. The van der Waals surface area contributed by atoms with Crippen molar-refractivity contribution in [1.29, 1.82) is 0 Å². The first-order chi connectivity index (χ1) is 10.6. The second kappa shape index (κ2) is 6.29. The molecule has 2 heterocycles. The van der Waals surface area contributed by atoms with Gasteiger partial charge in [-0.15, -0.1) is 11.3 Å². The molecule has 0 saturated heterocycles. The molecule has 5 nitrogen and oxygen atoms in total. The molecule has 0 saturated carbocycles. The highest BCUT2D eigenvalue weighted by Gasteiger charge is 2.13. The number of aromatic nitrogens is 3. The van der Waals surface area contributed by atoms with Crippen LogP contribution in [0.5, 0.6) is 0 Å². The van der Waals surface area contributed by atoms with E-state index in [2.05, 4.69) is 10.1 Å². The van der Waals surface area contributed by atoms with Gasteiger partial charge in [0.05, 0.1) is 16.6 Å². The van der Waals surface area contributed by atoms with Crippen molar-refractivity contribution in [3.63, 3.8) is 0 Å². The zero-order chi connectivity index (χ0) is 15.5. The van der Waals surface area contributed by atoms with Gasteiger partial charge in [-0.2, -0.15) is 5.10 Å². The van der Waals surface area contributed by atoms with Crippen LogP contribution in [0, 0.1) is 0 Å². The van der Waals surface area contributed by atoms with Crippen LogP contribution in [0.15, 0.2) is 49.1 Å². The maximum Gasteiger partial charge on any atom is 0.253 e. The summed E-state index contributed by atoms with van der Waals surface area (Å²) < 4.78 is 2.37. The van der Waals surface area contributed by atoms with Crippen molar-refractivity contribution in [1.82, 2.24) is 19.7 Å². The molecule has 1 aromatic carbocycles. The van der Waals surface area contributed by atoms with Crippen molar-refractivity contribution < 1.29 is 4.79 Å². The van der Waals surface area contributed by atoms with E-state index in [-0.39, 0.29) is 5.91 Å². The highest BCUT2D eigenvalue weighted by Crippen LogP contribution is 2.23. The molecule has 112 valence electrons. The smallest absolute Gasteiger partial charge is 0.253 e. The summed E-state index contributed by atoms with van der Waals surface area (Å²) in [6.07, 6.45) is 3.09. The molecule has 0 unspecified atom stereocenters. The Hall–Kier alpha value is -2.18. The summed E-state index contributed by atoms with van der Waals surface area (Å²) >= 11 is 7.39. The third kappa shape index (κ3) is 3.18. The molecule has 1 amide bonds. The van der Waals surface area contributed by atoms with Gasteiger partial charge in [0.1, 0.15) is 12.7 Å². The summed E-state index contributed by atoms with van der Waals surface area (Å²) in [4.78, 5) is 19.0. The number of benzene rings is 1. The summed E-state index contributed by atoms with van der Waals surface area (Å²) in [7, 11) is 1.78. The zero-order valence-corrected chi connectivity index (χ0v) is 13.4. The predicted octanol–water partition coefficient (Wildman–Crippen LogP) is 3.25. The van der Waals surface area contributed by atoms with Crippen LogP contribution >= 0.6 is 22.9 Å². The summed E-state index contributed by atoms with van der Waals surface area (Å²) in [6, 6.07) is 11.0. The van der Waals surface area contributed by atoms with Gasteiger partial charge in [0.2, 0.25) is 0 Å². The number of hydrogen-bond donors (Lipinski definition) is 0. The number of hydrogen-bond acceptors (Lipinski definition) is 4. The average Bonchev–Trinajstić information content (AvgIpc) is 3.18. The lowest BCUT2D eigenvalue weighted by molar-refractivity contribution is 0.0786. The lowest BCUT2D eigenvalue weighted by Gasteiger charge is -2.16. The number of amides is 1. The molecule has 2 aromatic heterocycles. The van der Waals surface area contributed by atoms with E-state index in [0.29, 0.717) is 12.1 Å². The summed E-state index contributed by atoms with van der Waals surface area (Å²) in [5.74, 6) is -0.0327. The van der Waals surface area contributed by atoms with Crippen LogP contribution in [0.4, 0.5) is 0 Å². The number of nitrogens with zero attached hydrogens (tertiary/aromatic N) is 4. The van der Waals surface area contributed by atoms with Crippen LogP contribution in [0.3, 0.4) is 0 Å². The Kier molecular flexibility index (Phi) is 4.22. The fourth-order valence-corrected chi connectivity index (χ4v) is 3.20. The maximum absolute atomic E-state index is 12.4. The molecule has 7 heteroatoms. The van der Waals surface area contributed by atoms with E-state index in [0.717, 1.165) is 14.9 Å². The van der Waals surface area contributed by atoms with Crippen LogP contribution in [-0.2, 0) is 6.54 Å². The molecular formula is C15H13ClN4OS. The van der Waals surface area contributed by atoms with Crippen molar-refractivity contribution in [2.24, 2.45) is 0 Å². The van der Waals surface area contributed by atoms with Crippen molar-refractivity contribution in [2.45, 2.75) is 6.54 Å². The van der Waals surface area contributed by atoms with Gasteiger partial charge in [-0.1, -0.05) is 11.6 Å². The van der Waals surface area contributed by atoms with Crippen LogP contribution in [-0.4, -0.2) is 32.6 Å². The Balaban J connectivity index is 1.71. The van der Waals surface area contributed by atoms with E-state index in [1.807, 2.05) is 24.3 Å². The first-order valence-corrected chi connectivity index (χ1v) is 7.77. The van der Waals surface area contributed by atoms with Gasteiger partial charge >= 0.3 is 0 Å². The lowest BCUT2D eigenvalue weighted by atomic mass is 10.2. The third-order valence-electron chi connectivity index (χ3n) is 3.17. The Labute approximate surface area is 136 Å². The van der Waals surface area contributed by atoms with E-state index < -0.39 is 0 Å². The van der Waals surface area contributed by atoms with Crippen LogP contribution in [0.1, 0.15) is 15.2 Å². The number of carbonyl (C=O) groups is 1. The van der Waals surface area contributed by atoms with Crippen LogP contribution in [0.25, 0.3) is 5.69 Å². The first kappa shape index (κ1) is 14.7. The van der Waals surface area contributed by atoms with Gasteiger partial charge in [-0.25, -0.2) is 9.67 Å². The lowest BCUT2D eigenvalue weighted by Crippen LogP contribution is -2.25. The van der Waals surface area contributed by atoms with Crippen LogP contribution in [0.2, 0.25) is 4.34 Å². The highest BCUT2D eigenvalue weighted by atomic mass is 35.5. The first-order valence-electron chi connectivity index (χ1n) is 6.58. The molecule has 3 aromatic rings. The molecule has 0 fully saturated rings. The molecule has 0 N–H and O–H groups in total. The molecule has 0 radical (unpaired) electrons. The Morgan fingerprint density at radius 1 is 1.27 bits per heavy atom. The minimum absolute atomic E-state index is 0.0327.